The van der Waals surface area contributed by atoms with E-state index >= 15 is 0 Å². The summed E-state index contributed by atoms with van der Waals surface area (Å²) in [6.07, 6.45) is 4.77. The lowest BCUT2D eigenvalue weighted by Gasteiger charge is -2.43. The van der Waals surface area contributed by atoms with E-state index in [1.54, 1.807) is 0 Å². The number of nitrogens with zero attached hydrogens (tertiary/aromatic N) is 1. The standard InChI is InChI=1S/C17H26N2O/c1-12-11-20-16-6-4-3-5-15(16)17(12)19(2)14-9-7-13(18)8-10-14/h3-6,12-14,17H,7-11,18H2,1-2H3. The Kier molecular flexibility index (Phi) is 3.99. The summed E-state index contributed by atoms with van der Waals surface area (Å²) < 4.78 is 5.87. The van der Waals surface area contributed by atoms with E-state index in [-0.39, 0.29) is 0 Å². The Morgan fingerprint density at radius 1 is 1.15 bits per heavy atom. The molecule has 1 heterocycles. The number of fused-ring (bicyclic) bond motifs is 1. The molecule has 2 unspecified atom stereocenters. The molecule has 1 aliphatic carbocycles. The van der Waals surface area contributed by atoms with Gasteiger partial charge >= 0.3 is 0 Å². The second-order valence-corrected chi connectivity index (χ2v) is 6.51. The maximum Gasteiger partial charge on any atom is 0.124 e. The molecule has 2 atom stereocenters. The highest BCUT2D eigenvalue weighted by Crippen LogP contribution is 2.40. The molecule has 20 heavy (non-hydrogen) atoms. The van der Waals surface area contributed by atoms with Crippen molar-refractivity contribution in [3.8, 4) is 5.75 Å². The topological polar surface area (TPSA) is 38.5 Å². The third-order valence-corrected chi connectivity index (χ3v) is 5.03. The summed E-state index contributed by atoms with van der Waals surface area (Å²) in [4.78, 5) is 2.58. The van der Waals surface area contributed by atoms with Crippen LogP contribution in [0, 0.1) is 5.92 Å². The zero-order valence-electron chi connectivity index (χ0n) is 12.6. The molecule has 0 saturated heterocycles. The smallest absolute Gasteiger partial charge is 0.124 e. The first-order valence-corrected chi connectivity index (χ1v) is 7.86. The van der Waals surface area contributed by atoms with Crippen molar-refractivity contribution in [2.24, 2.45) is 11.7 Å². The lowest BCUT2D eigenvalue weighted by atomic mass is 9.85. The molecule has 0 bridgehead atoms. The van der Waals surface area contributed by atoms with Gasteiger partial charge in [-0.15, -0.1) is 0 Å². The predicted octanol–water partition coefficient (Wildman–Crippen LogP) is 2.96. The highest BCUT2D eigenvalue weighted by atomic mass is 16.5. The Labute approximate surface area is 122 Å². The number of rotatable bonds is 2. The minimum absolute atomic E-state index is 0.416. The zero-order valence-corrected chi connectivity index (χ0v) is 12.6. The van der Waals surface area contributed by atoms with Crippen LogP contribution in [0.3, 0.4) is 0 Å². The molecule has 0 spiro atoms. The van der Waals surface area contributed by atoms with Crippen LogP contribution >= 0.6 is 0 Å². The van der Waals surface area contributed by atoms with Gasteiger partial charge in [-0.2, -0.15) is 0 Å². The normalized spacial score (nSPS) is 33.6. The van der Waals surface area contributed by atoms with Crippen molar-refractivity contribution in [1.82, 2.24) is 4.90 Å². The number of hydrogen-bond acceptors (Lipinski definition) is 3. The Balaban J connectivity index is 1.81. The highest BCUT2D eigenvalue weighted by Gasteiger charge is 2.34. The van der Waals surface area contributed by atoms with Crippen LogP contribution in [0.5, 0.6) is 5.75 Å². The average molecular weight is 274 g/mol. The summed E-state index contributed by atoms with van der Waals surface area (Å²) >= 11 is 0. The van der Waals surface area contributed by atoms with Gasteiger partial charge in [0, 0.05) is 29.6 Å². The van der Waals surface area contributed by atoms with E-state index in [0.29, 0.717) is 24.0 Å². The molecule has 1 fully saturated rings. The van der Waals surface area contributed by atoms with Crippen LogP contribution in [0.2, 0.25) is 0 Å². The number of para-hydroxylation sites is 1. The molecule has 0 aromatic heterocycles. The average Bonchev–Trinajstić information content (AvgIpc) is 2.47. The first kappa shape index (κ1) is 13.9. The summed E-state index contributed by atoms with van der Waals surface area (Å²) in [5.41, 5.74) is 7.39. The number of benzene rings is 1. The first-order valence-electron chi connectivity index (χ1n) is 7.86. The fraction of sp³-hybridized carbons (Fsp3) is 0.647. The molecule has 1 aromatic carbocycles. The van der Waals surface area contributed by atoms with Crippen molar-refractivity contribution in [2.75, 3.05) is 13.7 Å². The van der Waals surface area contributed by atoms with E-state index in [1.165, 1.54) is 18.4 Å². The predicted molar refractivity (Wildman–Crippen MR) is 81.8 cm³/mol. The van der Waals surface area contributed by atoms with Gasteiger partial charge in [-0.05, 0) is 38.8 Å². The SMILES string of the molecule is CC1COc2ccccc2C1N(C)C1CCC(N)CC1. The Hall–Kier alpha value is -1.06. The van der Waals surface area contributed by atoms with E-state index in [1.807, 2.05) is 0 Å². The van der Waals surface area contributed by atoms with Crippen LogP contribution in [0.25, 0.3) is 0 Å². The summed E-state index contributed by atoms with van der Waals surface area (Å²) in [7, 11) is 2.28. The minimum atomic E-state index is 0.416. The molecule has 3 rings (SSSR count). The summed E-state index contributed by atoms with van der Waals surface area (Å²) in [5, 5.41) is 0. The highest BCUT2D eigenvalue weighted by molar-refractivity contribution is 5.38. The quantitative estimate of drug-likeness (QED) is 0.901. The van der Waals surface area contributed by atoms with Crippen molar-refractivity contribution >= 4 is 0 Å². The lowest BCUT2D eigenvalue weighted by Crippen LogP contribution is -2.44. The number of ether oxygens (including phenoxy) is 1. The van der Waals surface area contributed by atoms with Crippen LogP contribution in [0.4, 0.5) is 0 Å². The van der Waals surface area contributed by atoms with Gasteiger partial charge in [-0.1, -0.05) is 25.1 Å². The molecule has 2 aliphatic rings. The van der Waals surface area contributed by atoms with Gasteiger partial charge in [-0.25, -0.2) is 0 Å². The zero-order chi connectivity index (χ0) is 14.1. The van der Waals surface area contributed by atoms with E-state index < -0.39 is 0 Å². The third-order valence-electron chi connectivity index (χ3n) is 5.03. The number of hydrogen-bond donors (Lipinski definition) is 1. The van der Waals surface area contributed by atoms with E-state index in [4.69, 9.17) is 10.5 Å². The van der Waals surface area contributed by atoms with Crippen LogP contribution in [-0.4, -0.2) is 30.6 Å². The first-order chi connectivity index (χ1) is 9.66. The molecule has 0 amide bonds. The van der Waals surface area contributed by atoms with Gasteiger partial charge in [0.05, 0.1) is 6.61 Å². The molecule has 3 nitrogen and oxygen atoms in total. The van der Waals surface area contributed by atoms with Crippen molar-refractivity contribution in [2.45, 2.75) is 50.7 Å². The molecule has 0 radical (unpaired) electrons. The maximum atomic E-state index is 6.04. The fourth-order valence-corrected chi connectivity index (χ4v) is 3.83. The van der Waals surface area contributed by atoms with Gasteiger partial charge < -0.3 is 10.5 Å². The van der Waals surface area contributed by atoms with Crippen LogP contribution in [0.1, 0.15) is 44.2 Å². The van der Waals surface area contributed by atoms with Crippen molar-refractivity contribution in [3.63, 3.8) is 0 Å². The molecule has 110 valence electrons. The van der Waals surface area contributed by atoms with Crippen LogP contribution < -0.4 is 10.5 Å². The summed E-state index contributed by atoms with van der Waals surface area (Å²) in [5.74, 6) is 1.60. The molecular formula is C17H26N2O. The lowest BCUT2D eigenvalue weighted by molar-refractivity contribution is 0.0611. The van der Waals surface area contributed by atoms with Gasteiger partial charge in [0.25, 0.3) is 0 Å². The molecule has 3 heteroatoms. The Bertz CT molecular complexity index is 454. The van der Waals surface area contributed by atoms with Gasteiger partial charge in [0.1, 0.15) is 5.75 Å². The molecule has 1 saturated carbocycles. The second-order valence-electron chi connectivity index (χ2n) is 6.51. The van der Waals surface area contributed by atoms with Crippen molar-refractivity contribution in [3.05, 3.63) is 29.8 Å². The molecule has 2 N–H and O–H groups in total. The van der Waals surface area contributed by atoms with Gasteiger partial charge in [0.2, 0.25) is 0 Å². The van der Waals surface area contributed by atoms with Crippen LogP contribution in [0.15, 0.2) is 24.3 Å². The third kappa shape index (κ3) is 2.57. The van der Waals surface area contributed by atoms with Crippen molar-refractivity contribution < 1.29 is 4.74 Å². The molecular weight excluding hydrogens is 248 g/mol. The molecule has 1 aromatic rings. The Morgan fingerprint density at radius 3 is 2.60 bits per heavy atom. The molecule has 1 aliphatic heterocycles. The van der Waals surface area contributed by atoms with Gasteiger partial charge in [-0.3, -0.25) is 4.90 Å². The maximum absolute atomic E-state index is 6.04. The monoisotopic (exact) mass is 274 g/mol. The van der Waals surface area contributed by atoms with E-state index in [2.05, 4.69) is 43.1 Å². The second kappa shape index (κ2) is 5.74. The summed E-state index contributed by atoms with van der Waals surface area (Å²) in [6, 6.07) is 10.1. The largest absolute Gasteiger partial charge is 0.493 e. The van der Waals surface area contributed by atoms with E-state index in [0.717, 1.165) is 25.2 Å². The van der Waals surface area contributed by atoms with E-state index in [9.17, 15) is 0 Å². The fourth-order valence-electron chi connectivity index (χ4n) is 3.83. The number of nitrogens with two attached hydrogens (primary N) is 1. The Morgan fingerprint density at radius 2 is 1.85 bits per heavy atom. The van der Waals surface area contributed by atoms with Crippen LogP contribution in [-0.2, 0) is 0 Å². The van der Waals surface area contributed by atoms with Gasteiger partial charge in [0.15, 0.2) is 0 Å². The summed E-state index contributed by atoms with van der Waals surface area (Å²) in [6.45, 7) is 3.12. The minimum Gasteiger partial charge on any atom is -0.493 e. The van der Waals surface area contributed by atoms with Crippen molar-refractivity contribution in [1.29, 1.82) is 0 Å².